The van der Waals surface area contributed by atoms with Crippen LogP contribution in [0.15, 0.2) is 28.7 Å². The lowest BCUT2D eigenvalue weighted by molar-refractivity contribution is -0.142. The van der Waals surface area contributed by atoms with Gasteiger partial charge in [0, 0.05) is 23.5 Å². The van der Waals surface area contributed by atoms with Gasteiger partial charge in [-0.1, -0.05) is 41.1 Å². The van der Waals surface area contributed by atoms with Crippen molar-refractivity contribution >= 4 is 21.8 Å². The third-order valence-corrected chi connectivity index (χ3v) is 4.28. The molecule has 0 aromatic heterocycles. The van der Waals surface area contributed by atoms with Crippen molar-refractivity contribution in [2.24, 2.45) is 5.92 Å². The number of carbonyl (C=O) groups excluding carboxylic acids is 1. The summed E-state index contributed by atoms with van der Waals surface area (Å²) in [6.07, 6.45) is -0.0509. The SMILES string of the molecule is CNC[C@H](C)C(=O)N1CCO[C@@H](c2ccccc2Br)C1. The van der Waals surface area contributed by atoms with Gasteiger partial charge in [0.1, 0.15) is 6.10 Å². The molecule has 0 bridgehead atoms. The second-order valence-corrected chi connectivity index (χ2v) is 5.98. The van der Waals surface area contributed by atoms with Crippen LogP contribution >= 0.6 is 15.9 Å². The molecule has 20 heavy (non-hydrogen) atoms. The molecule has 1 aliphatic heterocycles. The molecule has 0 unspecified atom stereocenters. The van der Waals surface area contributed by atoms with E-state index in [0.717, 1.165) is 10.0 Å². The van der Waals surface area contributed by atoms with Gasteiger partial charge in [-0.2, -0.15) is 0 Å². The van der Waals surface area contributed by atoms with Crippen molar-refractivity contribution in [3.8, 4) is 0 Å². The average molecular weight is 341 g/mol. The van der Waals surface area contributed by atoms with Gasteiger partial charge in [-0.3, -0.25) is 4.79 Å². The number of nitrogens with zero attached hydrogens (tertiary/aromatic N) is 1. The number of hydrogen-bond donors (Lipinski definition) is 1. The fourth-order valence-electron chi connectivity index (χ4n) is 2.48. The first-order valence-electron chi connectivity index (χ1n) is 6.93. The van der Waals surface area contributed by atoms with E-state index >= 15 is 0 Å². The molecule has 0 aliphatic carbocycles. The molecule has 1 aliphatic rings. The molecule has 0 spiro atoms. The Morgan fingerprint density at radius 1 is 1.55 bits per heavy atom. The van der Waals surface area contributed by atoms with Gasteiger partial charge in [-0.05, 0) is 18.7 Å². The molecule has 1 aromatic rings. The van der Waals surface area contributed by atoms with Gasteiger partial charge in [0.15, 0.2) is 0 Å². The molecule has 1 amide bonds. The highest BCUT2D eigenvalue weighted by molar-refractivity contribution is 9.10. The Morgan fingerprint density at radius 3 is 3.00 bits per heavy atom. The molecule has 4 nitrogen and oxygen atoms in total. The van der Waals surface area contributed by atoms with Gasteiger partial charge >= 0.3 is 0 Å². The van der Waals surface area contributed by atoms with Crippen molar-refractivity contribution in [2.75, 3.05) is 33.3 Å². The van der Waals surface area contributed by atoms with E-state index in [4.69, 9.17) is 4.74 Å². The summed E-state index contributed by atoms with van der Waals surface area (Å²) >= 11 is 3.55. The number of halogens is 1. The van der Waals surface area contributed by atoms with Crippen LogP contribution in [0.25, 0.3) is 0 Å². The van der Waals surface area contributed by atoms with Crippen molar-refractivity contribution in [1.29, 1.82) is 0 Å². The Balaban J connectivity index is 2.05. The van der Waals surface area contributed by atoms with Crippen molar-refractivity contribution in [1.82, 2.24) is 10.2 Å². The lowest BCUT2D eigenvalue weighted by Crippen LogP contribution is -2.46. The molecule has 1 saturated heterocycles. The van der Waals surface area contributed by atoms with Crippen LogP contribution in [0.4, 0.5) is 0 Å². The number of carbonyl (C=O) groups is 1. The molecule has 1 heterocycles. The highest BCUT2D eigenvalue weighted by Crippen LogP contribution is 2.28. The van der Waals surface area contributed by atoms with E-state index in [1.807, 2.05) is 43.1 Å². The summed E-state index contributed by atoms with van der Waals surface area (Å²) in [5, 5.41) is 3.05. The molecule has 0 radical (unpaired) electrons. The lowest BCUT2D eigenvalue weighted by atomic mass is 10.1. The highest BCUT2D eigenvalue weighted by Gasteiger charge is 2.28. The number of amides is 1. The zero-order chi connectivity index (χ0) is 14.5. The minimum Gasteiger partial charge on any atom is -0.370 e. The maximum Gasteiger partial charge on any atom is 0.226 e. The zero-order valence-corrected chi connectivity index (χ0v) is 13.5. The van der Waals surface area contributed by atoms with E-state index in [-0.39, 0.29) is 17.9 Å². The highest BCUT2D eigenvalue weighted by atomic mass is 79.9. The van der Waals surface area contributed by atoms with Crippen molar-refractivity contribution in [3.63, 3.8) is 0 Å². The van der Waals surface area contributed by atoms with Gasteiger partial charge in [0.2, 0.25) is 5.91 Å². The summed E-state index contributed by atoms with van der Waals surface area (Å²) in [6.45, 7) is 4.55. The zero-order valence-electron chi connectivity index (χ0n) is 11.9. The van der Waals surface area contributed by atoms with Crippen molar-refractivity contribution in [2.45, 2.75) is 13.0 Å². The van der Waals surface area contributed by atoms with Crippen LogP contribution in [0.2, 0.25) is 0 Å². The van der Waals surface area contributed by atoms with Crippen molar-refractivity contribution in [3.05, 3.63) is 34.3 Å². The second-order valence-electron chi connectivity index (χ2n) is 5.12. The standard InChI is InChI=1S/C15H21BrN2O2/c1-11(9-17-2)15(19)18-7-8-20-14(10-18)12-5-3-4-6-13(12)16/h3-6,11,14,17H,7-10H2,1-2H3/t11-,14+/m0/s1. The maximum absolute atomic E-state index is 12.4. The molecule has 2 rings (SSSR count). The Kier molecular flexibility index (Phi) is 5.57. The number of hydrogen-bond acceptors (Lipinski definition) is 3. The molecular formula is C15H21BrN2O2. The second kappa shape index (κ2) is 7.20. The van der Waals surface area contributed by atoms with Crippen LogP contribution in [0, 0.1) is 5.92 Å². The Labute approximate surface area is 128 Å². The number of benzene rings is 1. The minimum absolute atomic E-state index is 0.00189. The van der Waals surface area contributed by atoms with Crippen LogP contribution in [0.5, 0.6) is 0 Å². The van der Waals surface area contributed by atoms with Crippen LogP contribution in [0.3, 0.4) is 0 Å². The van der Waals surface area contributed by atoms with Crippen molar-refractivity contribution < 1.29 is 9.53 Å². The molecule has 110 valence electrons. The van der Waals surface area contributed by atoms with Crippen LogP contribution in [0.1, 0.15) is 18.6 Å². The fourth-order valence-corrected chi connectivity index (χ4v) is 3.02. The summed E-state index contributed by atoms with van der Waals surface area (Å²) in [4.78, 5) is 14.3. The van der Waals surface area contributed by atoms with Gasteiger partial charge in [0.25, 0.3) is 0 Å². The first-order chi connectivity index (χ1) is 9.63. The van der Waals surface area contributed by atoms with Crippen LogP contribution < -0.4 is 5.32 Å². The van der Waals surface area contributed by atoms with Crippen LogP contribution in [-0.4, -0.2) is 44.1 Å². The first kappa shape index (κ1) is 15.5. The molecule has 1 N–H and O–H groups in total. The summed E-state index contributed by atoms with van der Waals surface area (Å²) in [7, 11) is 1.87. The molecule has 1 fully saturated rings. The molecule has 5 heteroatoms. The van der Waals surface area contributed by atoms with E-state index in [2.05, 4.69) is 21.2 Å². The predicted octanol–water partition coefficient (Wildman–Crippen LogP) is 2.20. The van der Waals surface area contributed by atoms with E-state index in [0.29, 0.717) is 26.2 Å². The third kappa shape index (κ3) is 3.59. The number of ether oxygens (including phenoxy) is 1. The monoisotopic (exact) mass is 340 g/mol. The average Bonchev–Trinajstić information content (AvgIpc) is 2.47. The number of morpholine rings is 1. The molecule has 1 aromatic carbocycles. The maximum atomic E-state index is 12.4. The fraction of sp³-hybridized carbons (Fsp3) is 0.533. The van der Waals surface area contributed by atoms with Gasteiger partial charge < -0.3 is 15.0 Å². The van der Waals surface area contributed by atoms with E-state index < -0.39 is 0 Å². The predicted molar refractivity (Wildman–Crippen MR) is 82.5 cm³/mol. The Bertz CT molecular complexity index is 467. The third-order valence-electron chi connectivity index (χ3n) is 3.56. The molecule has 0 saturated carbocycles. The van der Waals surface area contributed by atoms with E-state index in [9.17, 15) is 4.79 Å². The Morgan fingerprint density at radius 2 is 2.30 bits per heavy atom. The summed E-state index contributed by atoms with van der Waals surface area (Å²) in [6, 6.07) is 8.02. The Hall–Kier alpha value is -0.910. The lowest BCUT2D eigenvalue weighted by Gasteiger charge is -2.35. The van der Waals surface area contributed by atoms with Gasteiger partial charge in [-0.25, -0.2) is 0 Å². The normalized spacial score (nSPS) is 20.8. The van der Waals surface area contributed by atoms with E-state index in [1.54, 1.807) is 0 Å². The minimum atomic E-state index is -0.0509. The first-order valence-corrected chi connectivity index (χ1v) is 7.72. The van der Waals surface area contributed by atoms with Gasteiger partial charge in [0.05, 0.1) is 13.2 Å². The molecular weight excluding hydrogens is 320 g/mol. The molecule has 2 atom stereocenters. The quantitative estimate of drug-likeness (QED) is 0.913. The largest absolute Gasteiger partial charge is 0.370 e. The van der Waals surface area contributed by atoms with Gasteiger partial charge in [-0.15, -0.1) is 0 Å². The van der Waals surface area contributed by atoms with Crippen LogP contribution in [-0.2, 0) is 9.53 Å². The number of rotatable bonds is 4. The summed E-state index contributed by atoms with van der Waals surface area (Å²) in [5.41, 5.74) is 1.10. The number of nitrogens with one attached hydrogen (secondary N) is 1. The topological polar surface area (TPSA) is 41.6 Å². The smallest absolute Gasteiger partial charge is 0.226 e. The summed E-state index contributed by atoms with van der Waals surface area (Å²) in [5.74, 6) is 0.192. The summed E-state index contributed by atoms with van der Waals surface area (Å²) < 4.78 is 6.86. The van der Waals surface area contributed by atoms with E-state index in [1.165, 1.54) is 0 Å².